The van der Waals surface area contributed by atoms with Crippen molar-refractivity contribution in [2.24, 2.45) is 5.92 Å². The van der Waals surface area contributed by atoms with Crippen molar-refractivity contribution in [1.82, 2.24) is 5.32 Å². The quantitative estimate of drug-likeness (QED) is 0.816. The van der Waals surface area contributed by atoms with Gasteiger partial charge in [0.2, 0.25) is 5.91 Å². The van der Waals surface area contributed by atoms with Gasteiger partial charge in [-0.1, -0.05) is 32.0 Å². The topological polar surface area (TPSA) is 66.4 Å². The Kier molecular flexibility index (Phi) is 4.69. The van der Waals surface area contributed by atoms with Crippen molar-refractivity contribution in [2.75, 3.05) is 6.54 Å². The van der Waals surface area contributed by atoms with Gasteiger partial charge in [-0.3, -0.25) is 4.79 Å². The van der Waals surface area contributed by atoms with E-state index in [1.165, 1.54) is 0 Å². The Morgan fingerprint density at radius 1 is 1.29 bits per heavy atom. The first-order valence-electron chi connectivity index (χ1n) is 5.61. The molecule has 0 spiro atoms. The normalized spacial score (nSPS) is 10.3. The van der Waals surface area contributed by atoms with E-state index in [0.717, 1.165) is 5.56 Å². The minimum Gasteiger partial charge on any atom is -0.478 e. The average molecular weight is 235 g/mol. The molecule has 1 aromatic rings. The van der Waals surface area contributed by atoms with E-state index in [1.54, 1.807) is 24.3 Å². The van der Waals surface area contributed by atoms with Crippen LogP contribution >= 0.6 is 0 Å². The molecule has 0 aliphatic heterocycles. The molecule has 0 aromatic heterocycles. The van der Waals surface area contributed by atoms with Crippen LogP contribution in [0.4, 0.5) is 0 Å². The van der Waals surface area contributed by atoms with Crippen LogP contribution in [0.15, 0.2) is 24.3 Å². The van der Waals surface area contributed by atoms with Gasteiger partial charge in [0.15, 0.2) is 0 Å². The number of carbonyl (C=O) groups excluding carboxylic acids is 1. The molecule has 2 N–H and O–H groups in total. The molecule has 0 atom stereocenters. The van der Waals surface area contributed by atoms with Crippen molar-refractivity contribution in [3.05, 3.63) is 35.4 Å². The van der Waals surface area contributed by atoms with Crippen LogP contribution in [0.2, 0.25) is 0 Å². The number of hydrogen-bond acceptors (Lipinski definition) is 2. The van der Waals surface area contributed by atoms with Gasteiger partial charge in [0.05, 0.1) is 5.56 Å². The number of carbonyl (C=O) groups is 2. The predicted octanol–water partition coefficient (Wildman–Crippen LogP) is 1.70. The van der Waals surface area contributed by atoms with E-state index >= 15 is 0 Å². The number of carboxylic acid groups (broad SMARTS) is 1. The average Bonchev–Trinajstić information content (AvgIpc) is 2.29. The lowest BCUT2D eigenvalue weighted by Crippen LogP contribution is -2.29. The van der Waals surface area contributed by atoms with Crippen LogP contribution in [-0.2, 0) is 11.2 Å². The third-order valence-corrected chi connectivity index (χ3v) is 2.47. The van der Waals surface area contributed by atoms with E-state index in [4.69, 9.17) is 5.11 Å². The molecule has 0 saturated heterocycles. The molecular formula is C13H17NO3. The smallest absolute Gasteiger partial charge is 0.335 e. The molecular weight excluding hydrogens is 218 g/mol. The molecule has 0 aliphatic carbocycles. The number of nitrogens with one attached hydrogen (secondary N) is 1. The standard InChI is InChI=1S/C13H17NO3/c1-9(2)12(15)14-8-7-10-5-3-4-6-11(10)13(16)17/h3-6,9H,7-8H2,1-2H3,(H,14,15)(H,16,17). The van der Waals surface area contributed by atoms with Crippen LogP contribution in [-0.4, -0.2) is 23.5 Å². The van der Waals surface area contributed by atoms with E-state index in [0.29, 0.717) is 18.5 Å². The molecule has 1 rings (SSSR count). The van der Waals surface area contributed by atoms with E-state index in [1.807, 2.05) is 13.8 Å². The lowest BCUT2D eigenvalue weighted by Gasteiger charge is -2.09. The van der Waals surface area contributed by atoms with Crippen LogP contribution in [0.5, 0.6) is 0 Å². The first-order valence-corrected chi connectivity index (χ1v) is 5.61. The summed E-state index contributed by atoms with van der Waals surface area (Å²) in [7, 11) is 0. The van der Waals surface area contributed by atoms with Gasteiger partial charge in [-0.2, -0.15) is 0 Å². The predicted molar refractivity (Wildman–Crippen MR) is 65.0 cm³/mol. The summed E-state index contributed by atoms with van der Waals surface area (Å²) < 4.78 is 0. The van der Waals surface area contributed by atoms with Crippen LogP contribution in [0.3, 0.4) is 0 Å². The highest BCUT2D eigenvalue weighted by molar-refractivity contribution is 5.89. The van der Waals surface area contributed by atoms with Gasteiger partial charge < -0.3 is 10.4 Å². The van der Waals surface area contributed by atoms with E-state index in [2.05, 4.69) is 5.32 Å². The Morgan fingerprint density at radius 3 is 2.53 bits per heavy atom. The maximum Gasteiger partial charge on any atom is 0.335 e. The number of rotatable bonds is 5. The lowest BCUT2D eigenvalue weighted by molar-refractivity contribution is -0.123. The molecule has 0 heterocycles. The summed E-state index contributed by atoms with van der Waals surface area (Å²) in [4.78, 5) is 22.3. The molecule has 0 radical (unpaired) electrons. The third-order valence-electron chi connectivity index (χ3n) is 2.47. The van der Waals surface area contributed by atoms with Gasteiger partial charge in [0.1, 0.15) is 0 Å². The lowest BCUT2D eigenvalue weighted by atomic mass is 10.0. The molecule has 0 unspecified atom stereocenters. The SMILES string of the molecule is CC(C)C(=O)NCCc1ccccc1C(=O)O. The van der Waals surface area contributed by atoms with Gasteiger partial charge in [-0.05, 0) is 18.1 Å². The Balaban J connectivity index is 2.58. The minimum atomic E-state index is -0.934. The monoisotopic (exact) mass is 235 g/mol. The fourth-order valence-electron chi connectivity index (χ4n) is 1.47. The Morgan fingerprint density at radius 2 is 1.94 bits per heavy atom. The second kappa shape index (κ2) is 6.03. The summed E-state index contributed by atoms with van der Waals surface area (Å²) in [6, 6.07) is 6.83. The molecule has 92 valence electrons. The van der Waals surface area contributed by atoms with Crippen molar-refractivity contribution in [2.45, 2.75) is 20.3 Å². The summed E-state index contributed by atoms with van der Waals surface area (Å²) in [6.07, 6.45) is 0.529. The van der Waals surface area contributed by atoms with Crippen LogP contribution in [0.1, 0.15) is 29.8 Å². The maximum atomic E-state index is 11.3. The first kappa shape index (κ1) is 13.2. The van der Waals surface area contributed by atoms with Crippen molar-refractivity contribution >= 4 is 11.9 Å². The zero-order chi connectivity index (χ0) is 12.8. The van der Waals surface area contributed by atoms with Gasteiger partial charge in [0.25, 0.3) is 0 Å². The largest absolute Gasteiger partial charge is 0.478 e. The Hall–Kier alpha value is -1.84. The molecule has 1 amide bonds. The van der Waals surface area contributed by atoms with Gasteiger partial charge in [0, 0.05) is 12.5 Å². The first-order chi connectivity index (χ1) is 8.02. The fraction of sp³-hybridized carbons (Fsp3) is 0.385. The van der Waals surface area contributed by atoms with Crippen molar-refractivity contribution in [3.8, 4) is 0 Å². The number of hydrogen-bond donors (Lipinski definition) is 2. The Bertz CT molecular complexity index is 413. The van der Waals surface area contributed by atoms with Crippen LogP contribution in [0, 0.1) is 5.92 Å². The molecule has 1 aromatic carbocycles. The van der Waals surface area contributed by atoms with Crippen molar-refractivity contribution in [3.63, 3.8) is 0 Å². The summed E-state index contributed by atoms with van der Waals surface area (Å²) in [5.41, 5.74) is 1.04. The molecule has 4 nitrogen and oxygen atoms in total. The molecule has 0 fully saturated rings. The summed E-state index contributed by atoms with van der Waals surface area (Å²) in [5, 5.41) is 11.7. The number of carboxylic acids is 1. The van der Waals surface area contributed by atoms with E-state index in [9.17, 15) is 9.59 Å². The second-order valence-corrected chi connectivity index (χ2v) is 4.16. The second-order valence-electron chi connectivity index (χ2n) is 4.16. The zero-order valence-electron chi connectivity index (χ0n) is 10.1. The van der Waals surface area contributed by atoms with Crippen molar-refractivity contribution < 1.29 is 14.7 Å². The van der Waals surface area contributed by atoms with E-state index < -0.39 is 5.97 Å². The van der Waals surface area contributed by atoms with Gasteiger partial charge in [-0.15, -0.1) is 0 Å². The molecule has 0 saturated carbocycles. The van der Waals surface area contributed by atoms with Crippen LogP contribution in [0.25, 0.3) is 0 Å². The van der Waals surface area contributed by atoms with E-state index in [-0.39, 0.29) is 11.8 Å². The Labute approximate surface area is 101 Å². The molecule has 17 heavy (non-hydrogen) atoms. The highest BCUT2D eigenvalue weighted by Crippen LogP contribution is 2.09. The van der Waals surface area contributed by atoms with Gasteiger partial charge >= 0.3 is 5.97 Å². The summed E-state index contributed by atoms with van der Waals surface area (Å²) >= 11 is 0. The highest BCUT2D eigenvalue weighted by Gasteiger charge is 2.10. The van der Waals surface area contributed by atoms with Gasteiger partial charge in [-0.25, -0.2) is 4.79 Å². The highest BCUT2D eigenvalue weighted by atomic mass is 16.4. The fourth-order valence-corrected chi connectivity index (χ4v) is 1.47. The zero-order valence-corrected chi connectivity index (χ0v) is 10.1. The molecule has 0 bridgehead atoms. The number of amides is 1. The molecule has 4 heteroatoms. The minimum absolute atomic E-state index is 0.0159. The maximum absolute atomic E-state index is 11.3. The molecule has 0 aliphatic rings. The summed E-state index contributed by atoms with van der Waals surface area (Å²) in [5.74, 6) is -1.00. The third kappa shape index (κ3) is 3.90. The van der Waals surface area contributed by atoms with Crippen LogP contribution < -0.4 is 5.32 Å². The summed E-state index contributed by atoms with van der Waals surface area (Å²) in [6.45, 7) is 4.10. The number of aromatic carboxylic acids is 1. The number of benzene rings is 1. The van der Waals surface area contributed by atoms with Crippen molar-refractivity contribution in [1.29, 1.82) is 0 Å².